The Morgan fingerprint density at radius 2 is 2.38 bits per heavy atom. The van der Waals surface area contributed by atoms with Crippen LogP contribution in [0.2, 0.25) is 0 Å². The van der Waals surface area contributed by atoms with Crippen LogP contribution in [-0.4, -0.2) is 30.4 Å². The smallest absolute Gasteiger partial charge is 0.0898 e. The van der Waals surface area contributed by atoms with E-state index in [1.165, 1.54) is 0 Å². The fourth-order valence-electron chi connectivity index (χ4n) is 0.626. The molecular weight excluding hydrogens is 219 g/mol. The monoisotopic (exact) mass is 228 g/mol. The number of rotatable bonds is 1. The van der Waals surface area contributed by atoms with Gasteiger partial charge in [0.05, 0.1) is 25.9 Å². The molecule has 1 atom stereocenters. The van der Waals surface area contributed by atoms with E-state index in [-0.39, 0.29) is 0 Å². The van der Waals surface area contributed by atoms with Gasteiger partial charge in [0.25, 0.3) is 0 Å². The third kappa shape index (κ3) is 1.87. The third-order valence-corrected chi connectivity index (χ3v) is 2.04. The topological polar surface area (TPSA) is 18.5 Å². The predicted molar refractivity (Wildman–Crippen MR) is 39.4 cm³/mol. The minimum absolute atomic E-state index is 0.351. The first-order valence-corrected chi connectivity index (χ1v) is 4.21. The summed E-state index contributed by atoms with van der Waals surface area (Å²) in [5.74, 6) is 0. The first-order valence-electron chi connectivity index (χ1n) is 2.69. The number of hydrogen-bond donors (Lipinski definition) is 0. The van der Waals surface area contributed by atoms with Crippen molar-refractivity contribution < 1.29 is 9.47 Å². The number of hydrogen-bond acceptors (Lipinski definition) is 2. The van der Waals surface area contributed by atoms with E-state index < -0.39 is 0 Å². The molecule has 8 heavy (non-hydrogen) atoms. The normalized spacial score (nSPS) is 30.4. The van der Waals surface area contributed by atoms with E-state index >= 15 is 0 Å². The Balaban J connectivity index is 2.13. The third-order valence-electron chi connectivity index (χ3n) is 1.06. The second-order valence-corrected chi connectivity index (χ2v) is 2.60. The van der Waals surface area contributed by atoms with Gasteiger partial charge in [-0.3, -0.25) is 0 Å². The molecule has 1 heterocycles. The molecule has 48 valence electrons. The van der Waals surface area contributed by atoms with E-state index in [4.69, 9.17) is 9.47 Å². The van der Waals surface area contributed by atoms with Gasteiger partial charge in [0.15, 0.2) is 0 Å². The van der Waals surface area contributed by atoms with E-state index in [1.807, 2.05) is 0 Å². The van der Waals surface area contributed by atoms with Crippen molar-refractivity contribution in [2.24, 2.45) is 0 Å². The molecule has 1 fully saturated rings. The molecule has 0 bridgehead atoms. The summed E-state index contributed by atoms with van der Waals surface area (Å²) in [6.45, 7) is 2.32. The van der Waals surface area contributed by atoms with Gasteiger partial charge in [-0.15, -0.1) is 0 Å². The average molecular weight is 228 g/mol. The summed E-state index contributed by atoms with van der Waals surface area (Å²) in [5.41, 5.74) is 0. The number of ether oxygens (including phenoxy) is 2. The van der Waals surface area contributed by atoms with Crippen LogP contribution in [0, 0.1) is 0 Å². The van der Waals surface area contributed by atoms with Crippen molar-refractivity contribution >= 4 is 22.6 Å². The largest absolute Gasteiger partial charge is 0.376 e. The maximum Gasteiger partial charge on any atom is 0.0898 e. The minimum Gasteiger partial charge on any atom is -0.376 e. The van der Waals surface area contributed by atoms with Gasteiger partial charge in [0, 0.05) is 4.43 Å². The van der Waals surface area contributed by atoms with Crippen molar-refractivity contribution in [1.29, 1.82) is 0 Å². The molecule has 0 radical (unpaired) electrons. The lowest BCUT2D eigenvalue weighted by Gasteiger charge is -2.20. The van der Waals surface area contributed by atoms with Crippen LogP contribution in [-0.2, 0) is 9.47 Å². The van der Waals surface area contributed by atoms with Gasteiger partial charge < -0.3 is 9.47 Å². The highest BCUT2D eigenvalue weighted by Gasteiger charge is 2.11. The average Bonchev–Trinajstić information content (AvgIpc) is 1.90. The van der Waals surface area contributed by atoms with E-state index in [1.54, 1.807) is 0 Å². The van der Waals surface area contributed by atoms with E-state index in [0.29, 0.717) is 6.10 Å². The van der Waals surface area contributed by atoms with Crippen molar-refractivity contribution in [2.75, 3.05) is 24.2 Å². The fourth-order valence-corrected chi connectivity index (χ4v) is 1.13. The zero-order chi connectivity index (χ0) is 5.82. The van der Waals surface area contributed by atoms with Crippen LogP contribution in [0.15, 0.2) is 0 Å². The highest BCUT2D eigenvalue weighted by molar-refractivity contribution is 14.1. The molecule has 1 rings (SSSR count). The zero-order valence-corrected chi connectivity index (χ0v) is 6.76. The first-order chi connectivity index (χ1) is 3.93. The molecular formula is C5H9IO2. The van der Waals surface area contributed by atoms with Gasteiger partial charge in [-0.05, 0) is 0 Å². The van der Waals surface area contributed by atoms with Crippen LogP contribution < -0.4 is 0 Å². The lowest BCUT2D eigenvalue weighted by atomic mass is 10.4. The molecule has 0 amide bonds. The first kappa shape index (κ1) is 6.77. The fraction of sp³-hybridized carbons (Fsp3) is 1.00. The Labute approximate surface area is 62.7 Å². The van der Waals surface area contributed by atoms with Crippen molar-refractivity contribution in [3.8, 4) is 0 Å². The molecule has 0 spiro atoms. The summed E-state index contributed by atoms with van der Waals surface area (Å²) < 4.78 is 11.5. The Kier molecular flexibility index (Phi) is 3.07. The molecule has 0 N–H and O–H groups in total. The summed E-state index contributed by atoms with van der Waals surface area (Å²) in [4.78, 5) is 0. The van der Waals surface area contributed by atoms with E-state index in [0.717, 1.165) is 24.2 Å². The molecule has 0 aromatic rings. The van der Waals surface area contributed by atoms with Gasteiger partial charge in [0.1, 0.15) is 0 Å². The van der Waals surface area contributed by atoms with E-state index in [2.05, 4.69) is 22.6 Å². The van der Waals surface area contributed by atoms with Gasteiger partial charge in [-0.1, -0.05) is 22.6 Å². The minimum atomic E-state index is 0.351. The molecule has 2 nitrogen and oxygen atoms in total. The number of halogens is 1. The lowest BCUT2D eigenvalue weighted by molar-refractivity contribution is -0.0764. The lowest BCUT2D eigenvalue weighted by Crippen LogP contribution is -2.29. The molecule has 1 aliphatic heterocycles. The Bertz CT molecular complexity index is 61.4. The van der Waals surface area contributed by atoms with Crippen molar-refractivity contribution in [2.45, 2.75) is 6.10 Å². The van der Waals surface area contributed by atoms with Gasteiger partial charge in [0.2, 0.25) is 0 Å². The maximum atomic E-state index is 5.29. The molecule has 1 saturated heterocycles. The summed E-state index contributed by atoms with van der Waals surface area (Å²) in [6.07, 6.45) is 0.351. The molecule has 0 aromatic heterocycles. The van der Waals surface area contributed by atoms with Gasteiger partial charge >= 0.3 is 0 Å². The Morgan fingerprint density at radius 1 is 1.50 bits per heavy atom. The van der Waals surface area contributed by atoms with Crippen LogP contribution in [0.3, 0.4) is 0 Å². The van der Waals surface area contributed by atoms with Crippen molar-refractivity contribution in [3.63, 3.8) is 0 Å². The number of alkyl halides is 1. The molecule has 0 aromatic carbocycles. The summed E-state index contributed by atoms with van der Waals surface area (Å²) in [6, 6.07) is 0. The molecule has 0 unspecified atom stereocenters. The van der Waals surface area contributed by atoms with Gasteiger partial charge in [-0.25, -0.2) is 0 Å². The highest BCUT2D eigenvalue weighted by atomic mass is 127. The van der Waals surface area contributed by atoms with Crippen molar-refractivity contribution in [1.82, 2.24) is 0 Å². The second kappa shape index (κ2) is 3.63. The second-order valence-electron chi connectivity index (χ2n) is 1.72. The van der Waals surface area contributed by atoms with E-state index in [9.17, 15) is 0 Å². The SMILES string of the molecule is IC[C@H]1COCCO1. The standard InChI is InChI=1S/C5H9IO2/c6-3-5-4-7-1-2-8-5/h5H,1-4H2/t5-/m0/s1. The maximum absolute atomic E-state index is 5.29. The quantitative estimate of drug-likeness (QED) is 0.489. The van der Waals surface area contributed by atoms with Crippen LogP contribution in [0.25, 0.3) is 0 Å². The zero-order valence-electron chi connectivity index (χ0n) is 4.60. The Hall–Kier alpha value is 0.650. The molecule has 1 aliphatic rings. The molecule has 3 heteroatoms. The Morgan fingerprint density at radius 3 is 2.75 bits per heavy atom. The molecule has 0 aliphatic carbocycles. The van der Waals surface area contributed by atoms with Crippen LogP contribution in [0.1, 0.15) is 0 Å². The molecule has 0 saturated carbocycles. The summed E-state index contributed by atoms with van der Waals surface area (Å²) in [5, 5.41) is 0. The summed E-state index contributed by atoms with van der Waals surface area (Å²) in [7, 11) is 0. The van der Waals surface area contributed by atoms with Gasteiger partial charge in [-0.2, -0.15) is 0 Å². The van der Waals surface area contributed by atoms with Crippen LogP contribution in [0.4, 0.5) is 0 Å². The van der Waals surface area contributed by atoms with Crippen LogP contribution in [0.5, 0.6) is 0 Å². The predicted octanol–water partition coefficient (Wildman–Crippen LogP) is 0.837. The van der Waals surface area contributed by atoms with Crippen LogP contribution >= 0.6 is 22.6 Å². The highest BCUT2D eigenvalue weighted by Crippen LogP contribution is 2.02. The van der Waals surface area contributed by atoms with Crippen molar-refractivity contribution in [3.05, 3.63) is 0 Å². The summed E-state index contributed by atoms with van der Waals surface area (Å²) >= 11 is 2.30.